The van der Waals surface area contributed by atoms with E-state index >= 15 is 0 Å². The smallest absolute Gasteiger partial charge is 0.229 e. The first-order valence-electron chi connectivity index (χ1n) is 11.0. The molecule has 2 aliphatic heterocycles. The minimum Gasteiger partial charge on any atom is -0.486 e. The number of amides is 1. The molecule has 2 heterocycles. The van der Waals surface area contributed by atoms with Crippen molar-refractivity contribution in [2.24, 2.45) is 0 Å². The van der Waals surface area contributed by atoms with Gasteiger partial charge in [0.2, 0.25) is 15.9 Å². The summed E-state index contributed by atoms with van der Waals surface area (Å²) in [5.74, 6) is 0.432. The number of hydrogen-bond donors (Lipinski definition) is 2. The number of rotatable bonds is 6. The first-order valence-corrected chi connectivity index (χ1v) is 12.9. The minimum atomic E-state index is -3.41. The fourth-order valence-corrected chi connectivity index (χ4v) is 5.03. The number of likely N-dealkylation sites (tertiary alicyclic amines) is 1. The number of anilines is 2. The maximum atomic E-state index is 12.9. The van der Waals surface area contributed by atoms with Gasteiger partial charge in [-0.15, -0.1) is 0 Å². The van der Waals surface area contributed by atoms with E-state index in [0.717, 1.165) is 50.8 Å². The lowest BCUT2D eigenvalue weighted by Gasteiger charge is -2.44. The molecule has 0 bridgehead atoms. The van der Waals surface area contributed by atoms with Crippen molar-refractivity contribution < 1.29 is 22.7 Å². The molecule has 1 saturated heterocycles. The van der Waals surface area contributed by atoms with Crippen LogP contribution in [0.2, 0.25) is 0 Å². The van der Waals surface area contributed by atoms with Crippen LogP contribution < -0.4 is 14.8 Å². The molecule has 8 nitrogen and oxygen atoms in total. The maximum Gasteiger partial charge on any atom is 0.229 e. The van der Waals surface area contributed by atoms with Crippen LogP contribution in [0, 0.1) is 0 Å². The van der Waals surface area contributed by atoms with Gasteiger partial charge in [-0.1, -0.05) is 12.1 Å². The highest BCUT2D eigenvalue weighted by Gasteiger charge is 2.42. The van der Waals surface area contributed by atoms with Gasteiger partial charge in [0.15, 0.2) is 5.78 Å². The topological polar surface area (TPSA) is 105 Å². The van der Waals surface area contributed by atoms with Crippen LogP contribution in [-0.4, -0.2) is 56.5 Å². The first-order chi connectivity index (χ1) is 15.6. The van der Waals surface area contributed by atoms with E-state index in [4.69, 9.17) is 4.74 Å². The lowest BCUT2D eigenvalue weighted by Crippen LogP contribution is -2.51. The van der Waals surface area contributed by atoms with Gasteiger partial charge in [0.25, 0.3) is 0 Å². The van der Waals surface area contributed by atoms with E-state index in [1.807, 2.05) is 24.3 Å². The Kier molecular flexibility index (Phi) is 6.45. The fourth-order valence-electron chi connectivity index (χ4n) is 4.48. The molecule has 9 heteroatoms. The second-order valence-electron chi connectivity index (χ2n) is 8.94. The normalized spacial score (nSPS) is 17.8. The van der Waals surface area contributed by atoms with Crippen molar-refractivity contribution in [3.8, 4) is 5.75 Å². The number of nitrogens with zero attached hydrogens (tertiary/aromatic N) is 1. The summed E-state index contributed by atoms with van der Waals surface area (Å²) in [4.78, 5) is 26.4. The predicted molar refractivity (Wildman–Crippen MR) is 127 cm³/mol. The van der Waals surface area contributed by atoms with Gasteiger partial charge in [-0.25, -0.2) is 8.42 Å². The maximum absolute atomic E-state index is 12.9. The van der Waals surface area contributed by atoms with Gasteiger partial charge in [0.05, 0.1) is 18.2 Å². The van der Waals surface area contributed by atoms with Gasteiger partial charge in [-0.3, -0.25) is 14.3 Å². The Labute approximate surface area is 194 Å². The average Bonchev–Trinajstić information content (AvgIpc) is 2.74. The molecule has 0 aliphatic carbocycles. The van der Waals surface area contributed by atoms with Gasteiger partial charge in [0.1, 0.15) is 11.4 Å². The Morgan fingerprint density at radius 2 is 1.76 bits per heavy atom. The molecular formula is C24H29N3O5S. The Balaban J connectivity index is 1.33. The summed E-state index contributed by atoms with van der Waals surface area (Å²) < 4.78 is 31.7. The monoisotopic (exact) mass is 471 g/mol. The Morgan fingerprint density at radius 3 is 2.39 bits per heavy atom. The summed E-state index contributed by atoms with van der Waals surface area (Å²) >= 11 is 0. The second-order valence-corrected chi connectivity index (χ2v) is 10.7. The lowest BCUT2D eigenvalue weighted by atomic mass is 9.82. The molecule has 33 heavy (non-hydrogen) atoms. The third-order valence-corrected chi connectivity index (χ3v) is 6.76. The van der Waals surface area contributed by atoms with Crippen molar-refractivity contribution in [2.75, 3.05) is 35.9 Å². The lowest BCUT2D eigenvalue weighted by molar-refractivity contribution is -0.114. The second kappa shape index (κ2) is 9.15. The van der Waals surface area contributed by atoms with E-state index < -0.39 is 15.6 Å². The molecule has 1 fully saturated rings. The Morgan fingerprint density at radius 1 is 1.09 bits per heavy atom. The first kappa shape index (κ1) is 23.3. The van der Waals surface area contributed by atoms with Crippen molar-refractivity contribution in [3.05, 3.63) is 53.6 Å². The van der Waals surface area contributed by atoms with Crippen LogP contribution in [0.15, 0.2) is 42.5 Å². The molecule has 0 unspecified atom stereocenters. The molecule has 1 amide bonds. The van der Waals surface area contributed by atoms with Crippen molar-refractivity contribution in [1.29, 1.82) is 0 Å². The number of ketones is 1. The molecule has 0 radical (unpaired) electrons. The number of nitrogens with one attached hydrogen (secondary N) is 2. The summed E-state index contributed by atoms with van der Waals surface area (Å²) in [6, 6.07) is 12.7. The largest absolute Gasteiger partial charge is 0.486 e. The van der Waals surface area contributed by atoms with Crippen LogP contribution in [0.5, 0.6) is 5.75 Å². The molecule has 1 spiro atoms. The number of benzene rings is 2. The standard InChI is InChI=1S/C24H29N3O5S/c1-17(28)25-19-5-3-18(4-6-19)9-12-27-13-10-24(11-14-27)16-22(29)21-15-20(26-33(2,30)31)7-8-23(21)32-24/h3-8,15,26H,9-14,16H2,1-2H3,(H,25,28). The van der Waals surface area contributed by atoms with Crippen molar-refractivity contribution >= 4 is 33.1 Å². The van der Waals surface area contributed by atoms with Crippen LogP contribution in [0.4, 0.5) is 11.4 Å². The molecule has 2 aromatic rings. The third-order valence-electron chi connectivity index (χ3n) is 6.15. The molecule has 0 saturated carbocycles. The van der Waals surface area contributed by atoms with Gasteiger partial charge >= 0.3 is 0 Å². The van der Waals surface area contributed by atoms with E-state index in [1.165, 1.54) is 12.5 Å². The van der Waals surface area contributed by atoms with Gasteiger partial charge in [0, 0.05) is 50.8 Å². The van der Waals surface area contributed by atoms with E-state index in [9.17, 15) is 18.0 Å². The van der Waals surface area contributed by atoms with Crippen molar-refractivity contribution in [2.45, 2.75) is 38.2 Å². The number of piperidine rings is 1. The van der Waals surface area contributed by atoms with E-state index in [1.54, 1.807) is 18.2 Å². The highest BCUT2D eigenvalue weighted by atomic mass is 32.2. The molecule has 0 aromatic heterocycles. The Hall–Kier alpha value is -2.91. The van der Waals surface area contributed by atoms with Crippen molar-refractivity contribution in [3.63, 3.8) is 0 Å². The molecule has 0 atom stereocenters. The molecule has 2 aliphatic rings. The van der Waals surface area contributed by atoms with Crippen LogP contribution >= 0.6 is 0 Å². The predicted octanol–water partition coefficient (Wildman–Crippen LogP) is 3.06. The zero-order chi connectivity index (χ0) is 23.6. The Bertz CT molecular complexity index is 1150. The van der Waals surface area contributed by atoms with E-state index in [-0.39, 0.29) is 11.7 Å². The number of carbonyl (C=O) groups is 2. The zero-order valence-corrected chi connectivity index (χ0v) is 19.7. The molecule has 176 valence electrons. The van der Waals surface area contributed by atoms with Crippen LogP contribution in [0.3, 0.4) is 0 Å². The zero-order valence-electron chi connectivity index (χ0n) is 18.9. The minimum absolute atomic E-state index is 0.0129. The van der Waals surface area contributed by atoms with Crippen LogP contribution in [0.1, 0.15) is 42.1 Å². The number of carbonyl (C=O) groups excluding carboxylic acids is 2. The summed E-state index contributed by atoms with van der Waals surface area (Å²) in [6.07, 6.45) is 3.83. The summed E-state index contributed by atoms with van der Waals surface area (Å²) in [5.41, 5.74) is 2.31. The van der Waals surface area contributed by atoms with Gasteiger partial charge < -0.3 is 15.0 Å². The van der Waals surface area contributed by atoms with Crippen LogP contribution in [-0.2, 0) is 21.2 Å². The quantitative estimate of drug-likeness (QED) is 0.671. The molecule has 2 N–H and O–H groups in total. The third kappa shape index (κ3) is 5.91. The molecule has 4 rings (SSSR count). The highest BCUT2D eigenvalue weighted by Crippen LogP contribution is 2.40. The van der Waals surface area contributed by atoms with Gasteiger partial charge in [-0.05, 0) is 42.3 Å². The highest BCUT2D eigenvalue weighted by molar-refractivity contribution is 7.92. The van der Waals surface area contributed by atoms with E-state index in [0.29, 0.717) is 23.4 Å². The summed E-state index contributed by atoms with van der Waals surface area (Å²) in [5, 5.41) is 2.77. The number of fused-ring (bicyclic) bond motifs is 1. The molecule has 2 aromatic carbocycles. The van der Waals surface area contributed by atoms with E-state index in [2.05, 4.69) is 14.9 Å². The summed E-state index contributed by atoms with van der Waals surface area (Å²) in [7, 11) is -3.41. The number of Topliss-reactive ketones (excluding diaryl/α,β-unsaturated/α-hetero) is 1. The summed E-state index contributed by atoms with van der Waals surface area (Å²) in [6.45, 7) is 4.11. The number of ether oxygens (including phenoxy) is 1. The number of hydrogen-bond acceptors (Lipinski definition) is 6. The number of sulfonamides is 1. The van der Waals surface area contributed by atoms with Crippen LogP contribution in [0.25, 0.3) is 0 Å². The fraction of sp³-hybridized carbons (Fsp3) is 0.417. The SMILES string of the molecule is CC(=O)Nc1ccc(CCN2CCC3(CC2)CC(=O)c2cc(NS(C)(=O)=O)ccc2O3)cc1. The molecular weight excluding hydrogens is 442 g/mol. The average molecular weight is 472 g/mol. The van der Waals surface area contributed by atoms with Crippen molar-refractivity contribution in [1.82, 2.24) is 4.90 Å². The van der Waals surface area contributed by atoms with Gasteiger partial charge in [-0.2, -0.15) is 0 Å².